The van der Waals surface area contributed by atoms with Crippen molar-refractivity contribution in [2.45, 2.75) is 103 Å². The SMILES string of the molecule is CCC[C@H]1CC[C@H](CCc2ccc(C3CCC(C#N)(CC)CC3)cc2)CC1. The highest BCUT2D eigenvalue weighted by Gasteiger charge is 2.34. The third kappa shape index (κ3) is 5.37. The molecule has 148 valence electrons. The van der Waals surface area contributed by atoms with Gasteiger partial charge in [-0.3, -0.25) is 0 Å². The Bertz CT molecular complexity index is 592. The summed E-state index contributed by atoms with van der Waals surface area (Å²) in [7, 11) is 0. The lowest BCUT2D eigenvalue weighted by molar-refractivity contribution is 0.238. The lowest BCUT2D eigenvalue weighted by Crippen LogP contribution is -2.24. The molecule has 27 heavy (non-hydrogen) atoms. The van der Waals surface area contributed by atoms with Gasteiger partial charge in [0.2, 0.25) is 0 Å². The molecule has 2 saturated carbocycles. The van der Waals surface area contributed by atoms with E-state index in [1.165, 1.54) is 75.3 Å². The predicted molar refractivity (Wildman–Crippen MR) is 115 cm³/mol. The van der Waals surface area contributed by atoms with Crippen LogP contribution in [0.25, 0.3) is 0 Å². The van der Waals surface area contributed by atoms with Gasteiger partial charge in [-0.15, -0.1) is 0 Å². The molecule has 1 nitrogen and oxygen atoms in total. The monoisotopic (exact) mass is 365 g/mol. The van der Waals surface area contributed by atoms with Crippen LogP contribution in [0.4, 0.5) is 0 Å². The molecule has 3 rings (SSSR count). The Morgan fingerprint density at radius 1 is 0.889 bits per heavy atom. The summed E-state index contributed by atoms with van der Waals surface area (Å²) >= 11 is 0. The third-order valence-corrected chi connectivity index (χ3v) is 7.81. The van der Waals surface area contributed by atoms with Crippen LogP contribution in [-0.4, -0.2) is 0 Å². The number of benzene rings is 1. The molecule has 0 aromatic heterocycles. The van der Waals surface area contributed by atoms with E-state index in [9.17, 15) is 5.26 Å². The Kier molecular flexibility index (Phi) is 7.40. The molecule has 0 radical (unpaired) electrons. The second-order valence-corrected chi connectivity index (χ2v) is 9.48. The van der Waals surface area contributed by atoms with Gasteiger partial charge in [0, 0.05) is 0 Å². The van der Waals surface area contributed by atoms with Crippen molar-refractivity contribution in [1.82, 2.24) is 0 Å². The van der Waals surface area contributed by atoms with Gasteiger partial charge in [-0.1, -0.05) is 76.6 Å². The summed E-state index contributed by atoms with van der Waals surface area (Å²) < 4.78 is 0. The largest absolute Gasteiger partial charge is 0.198 e. The quantitative estimate of drug-likeness (QED) is 0.483. The van der Waals surface area contributed by atoms with Crippen molar-refractivity contribution in [1.29, 1.82) is 5.26 Å². The Morgan fingerprint density at radius 2 is 1.48 bits per heavy atom. The Labute approximate surface area is 167 Å². The number of hydrogen-bond acceptors (Lipinski definition) is 1. The first kappa shape index (κ1) is 20.4. The molecule has 0 bridgehead atoms. The minimum atomic E-state index is -0.0351. The lowest BCUT2D eigenvalue weighted by Gasteiger charge is -2.34. The zero-order valence-electron chi connectivity index (χ0n) is 17.7. The smallest absolute Gasteiger partial charge is 0.0689 e. The van der Waals surface area contributed by atoms with Crippen LogP contribution in [0, 0.1) is 28.6 Å². The third-order valence-electron chi connectivity index (χ3n) is 7.81. The van der Waals surface area contributed by atoms with Crippen LogP contribution in [0.15, 0.2) is 24.3 Å². The van der Waals surface area contributed by atoms with Crippen LogP contribution in [0.3, 0.4) is 0 Å². The Balaban J connectivity index is 1.44. The molecule has 1 aromatic carbocycles. The molecule has 0 atom stereocenters. The van der Waals surface area contributed by atoms with Crippen LogP contribution >= 0.6 is 0 Å². The van der Waals surface area contributed by atoms with Crippen molar-refractivity contribution < 1.29 is 0 Å². The molecular weight excluding hydrogens is 326 g/mol. The number of nitrogens with zero attached hydrogens (tertiary/aromatic N) is 1. The Morgan fingerprint density at radius 3 is 2.00 bits per heavy atom. The molecule has 2 aliphatic carbocycles. The maximum absolute atomic E-state index is 9.49. The first-order valence-electron chi connectivity index (χ1n) is 11.7. The van der Waals surface area contributed by atoms with Crippen LogP contribution < -0.4 is 0 Å². The number of hydrogen-bond donors (Lipinski definition) is 0. The highest BCUT2D eigenvalue weighted by atomic mass is 14.4. The van der Waals surface area contributed by atoms with Gasteiger partial charge in [0.1, 0.15) is 0 Å². The van der Waals surface area contributed by atoms with Gasteiger partial charge < -0.3 is 0 Å². The molecule has 0 spiro atoms. The minimum absolute atomic E-state index is 0.0351. The van der Waals surface area contributed by atoms with Gasteiger partial charge >= 0.3 is 0 Å². The van der Waals surface area contributed by atoms with Crippen molar-refractivity contribution in [3.05, 3.63) is 35.4 Å². The van der Waals surface area contributed by atoms with Crippen molar-refractivity contribution >= 4 is 0 Å². The van der Waals surface area contributed by atoms with E-state index < -0.39 is 0 Å². The molecule has 1 aromatic rings. The molecule has 0 unspecified atom stereocenters. The summed E-state index contributed by atoms with van der Waals surface area (Å²) in [6.07, 6.45) is 16.8. The average molecular weight is 366 g/mol. The minimum Gasteiger partial charge on any atom is -0.198 e. The molecule has 1 heteroatoms. The lowest BCUT2D eigenvalue weighted by atomic mass is 9.68. The summed E-state index contributed by atoms with van der Waals surface area (Å²) in [6, 6.07) is 12.1. The van der Waals surface area contributed by atoms with Gasteiger partial charge in [-0.2, -0.15) is 5.26 Å². The van der Waals surface area contributed by atoms with E-state index in [-0.39, 0.29) is 5.41 Å². The molecule has 2 aliphatic rings. The molecule has 0 N–H and O–H groups in total. The number of aryl methyl sites for hydroxylation is 1. The molecule has 0 heterocycles. The zero-order chi connectivity index (χ0) is 19.1. The first-order chi connectivity index (χ1) is 13.2. The van der Waals surface area contributed by atoms with E-state index in [2.05, 4.69) is 44.2 Å². The van der Waals surface area contributed by atoms with Crippen LogP contribution in [0.5, 0.6) is 0 Å². The fraction of sp³-hybridized carbons (Fsp3) is 0.731. The summed E-state index contributed by atoms with van der Waals surface area (Å²) in [5, 5.41) is 9.49. The van der Waals surface area contributed by atoms with Gasteiger partial charge in [-0.25, -0.2) is 0 Å². The van der Waals surface area contributed by atoms with Crippen LogP contribution in [0.2, 0.25) is 0 Å². The summed E-state index contributed by atoms with van der Waals surface area (Å²) in [6.45, 7) is 4.50. The second-order valence-electron chi connectivity index (χ2n) is 9.48. The summed E-state index contributed by atoms with van der Waals surface area (Å²) in [5.41, 5.74) is 2.98. The maximum atomic E-state index is 9.49. The summed E-state index contributed by atoms with van der Waals surface area (Å²) in [4.78, 5) is 0. The molecule has 0 amide bonds. The van der Waals surface area contributed by atoms with Gasteiger partial charge in [-0.05, 0) is 73.8 Å². The van der Waals surface area contributed by atoms with Crippen molar-refractivity contribution in [3.63, 3.8) is 0 Å². The van der Waals surface area contributed by atoms with Crippen molar-refractivity contribution in [2.75, 3.05) is 0 Å². The van der Waals surface area contributed by atoms with E-state index >= 15 is 0 Å². The average Bonchev–Trinajstić information content (AvgIpc) is 2.74. The fourth-order valence-corrected chi connectivity index (χ4v) is 5.59. The number of nitriles is 1. The van der Waals surface area contributed by atoms with E-state index in [1.807, 2.05) is 0 Å². The van der Waals surface area contributed by atoms with Gasteiger partial charge in [0.05, 0.1) is 11.5 Å². The highest BCUT2D eigenvalue weighted by molar-refractivity contribution is 5.26. The van der Waals surface area contributed by atoms with E-state index in [0.717, 1.165) is 31.1 Å². The van der Waals surface area contributed by atoms with E-state index in [4.69, 9.17) is 0 Å². The Hall–Kier alpha value is -1.29. The van der Waals surface area contributed by atoms with Gasteiger partial charge in [0.25, 0.3) is 0 Å². The molecule has 0 aliphatic heterocycles. The summed E-state index contributed by atoms with van der Waals surface area (Å²) in [5.74, 6) is 2.65. The topological polar surface area (TPSA) is 23.8 Å². The second kappa shape index (κ2) is 9.77. The van der Waals surface area contributed by atoms with Crippen LogP contribution in [-0.2, 0) is 6.42 Å². The number of rotatable bonds is 7. The van der Waals surface area contributed by atoms with Crippen LogP contribution in [0.1, 0.15) is 108 Å². The maximum Gasteiger partial charge on any atom is 0.0689 e. The molecular formula is C26H39N. The van der Waals surface area contributed by atoms with Crippen molar-refractivity contribution in [2.24, 2.45) is 17.3 Å². The van der Waals surface area contributed by atoms with E-state index in [0.29, 0.717) is 5.92 Å². The predicted octanol–water partition coefficient (Wildman–Crippen LogP) is 7.80. The molecule has 2 fully saturated rings. The highest BCUT2D eigenvalue weighted by Crippen LogP contribution is 2.44. The zero-order valence-corrected chi connectivity index (χ0v) is 17.7. The standard InChI is InChI=1S/C26H39N/c1-3-5-21-6-8-22(9-7-21)10-11-23-12-14-24(15-13-23)25-16-18-26(4-2,20-27)19-17-25/h12-15,21-22,25H,3-11,16-19H2,1-2H3/t21-,22-,25?,26?. The normalized spacial score (nSPS) is 31.4. The van der Waals surface area contributed by atoms with E-state index in [1.54, 1.807) is 0 Å². The van der Waals surface area contributed by atoms with Crippen molar-refractivity contribution in [3.8, 4) is 6.07 Å². The fourth-order valence-electron chi connectivity index (χ4n) is 5.59. The molecule has 0 saturated heterocycles. The van der Waals surface area contributed by atoms with Gasteiger partial charge in [0.15, 0.2) is 0 Å². The first-order valence-corrected chi connectivity index (χ1v) is 11.7.